The van der Waals surface area contributed by atoms with Gasteiger partial charge in [-0.3, -0.25) is 23.7 Å². The van der Waals surface area contributed by atoms with Crippen LogP contribution in [0.4, 0.5) is 0 Å². The Morgan fingerprint density at radius 3 is 1.84 bits per heavy atom. The van der Waals surface area contributed by atoms with Crippen LogP contribution in [0.2, 0.25) is 0 Å². The third-order valence-corrected chi connectivity index (χ3v) is 9.42. The third-order valence-electron chi connectivity index (χ3n) is 9.42. The van der Waals surface area contributed by atoms with E-state index in [0.29, 0.717) is 35.2 Å². The van der Waals surface area contributed by atoms with Gasteiger partial charge in [0.2, 0.25) is 0 Å². The summed E-state index contributed by atoms with van der Waals surface area (Å²) in [5, 5.41) is 9.03. The normalized spacial score (nSPS) is 13.9. The Labute approximate surface area is 244 Å². The predicted octanol–water partition coefficient (Wildman–Crippen LogP) is 6.60. The first-order valence-corrected chi connectivity index (χ1v) is 14.9. The maximum absolute atomic E-state index is 13.9. The molecule has 0 unspecified atom stereocenters. The largest absolute Gasteiger partial charge is 0.330 e. The molecule has 7 nitrogen and oxygen atoms in total. The number of nitrogens with zero attached hydrogens (tertiary/aromatic N) is 3. The van der Waals surface area contributed by atoms with E-state index in [9.17, 15) is 14.4 Å². The van der Waals surface area contributed by atoms with Crippen LogP contribution in [0, 0.1) is 0 Å². The summed E-state index contributed by atoms with van der Waals surface area (Å²) < 4.78 is 1.72. The van der Waals surface area contributed by atoms with Gasteiger partial charge < -0.3 is 5.73 Å². The van der Waals surface area contributed by atoms with Crippen LogP contribution in [-0.4, -0.2) is 39.2 Å². The Bertz CT molecular complexity index is 2480. The average molecular weight is 563 g/mol. The molecule has 0 saturated carbocycles. The van der Waals surface area contributed by atoms with Crippen LogP contribution in [0.15, 0.2) is 77.6 Å². The molecule has 1 aliphatic rings. The summed E-state index contributed by atoms with van der Waals surface area (Å²) in [4.78, 5) is 47.6. The van der Waals surface area contributed by atoms with Gasteiger partial charge in [0.15, 0.2) is 0 Å². The molecule has 0 bridgehead atoms. The average Bonchev–Trinajstić information content (AvgIpc) is 3.43. The Balaban J connectivity index is 1.32. The summed E-state index contributed by atoms with van der Waals surface area (Å²) in [7, 11) is 0. The maximum atomic E-state index is 13.9. The number of fused-ring (bicyclic) bond motifs is 6. The molecule has 0 aliphatic carbocycles. The fourth-order valence-corrected chi connectivity index (χ4v) is 7.50. The quantitative estimate of drug-likeness (QED) is 0.107. The number of carbonyl (C=O) groups excluding carboxylic acids is 2. The van der Waals surface area contributed by atoms with Crippen molar-refractivity contribution in [2.45, 2.75) is 25.7 Å². The van der Waals surface area contributed by atoms with E-state index in [1.165, 1.54) is 4.90 Å². The first-order valence-electron chi connectivity index (χ1n) is 14.9. The Kier molecular flexibility index (Phi) is 4.94. The van der Waals surface area contributed by atoms with Gasteiger partial charge in [-0.2, -0.15) is 0 Å². The number of para-hydroxylation sites is 2. The highest BCUT2D eigenvalue weighted by molar-refractivity contribution is 6.41. The number of imidazole rings is 1. The topological polar surface area (TPSA) is 97.8 Å². The molecule has 208 valence electrons. The van der Waals surface area contributed by atoms with Gasteiger partial charge in [-0.15, -0.1) is 0 Å². The van der Waals surface area contributed by atoms with Gasteiger partial charge in [0, 0.05) is 39.2 Å². The van der Waals surface area contributed by atoms with Gasteiger partial charge in [0.1, 0.15) is 5.65 Å². The number of amides is 2. The van der Waals surface area contributed by atoms with Gasteiger partial charge in [-0.05, 0) is 88.1 Å². The lowest BCUT2D eigenvalue weighted by molar-refractivity contribution is 0.0608. The maximum Gasteiger partial charge on any atom is 0.264 e. The van der Waals surface area contributed by atoms with E-state index in [1.807, 2.05) is 60.7 Å². The Hall–Kier alpha value is -5.14. The lowest BCUT2D eigenvalue weighted by Crippen LogP contribution is -2.40. The first-order chi connectivity index (χ1) is 21.1. The molecule has 0 radical (unpaired) electrons. The standard InChI is InChI=1S/C36H26N4O3/c37-17-5-1-2-6-18-39-34(41)24-14-10-21-19-9-13-23-31-26(36(43)40-28-8-4-3-7-27(28)38-33(23)40)16-12-20(29(19)31)22-11-15-25(35(39)42)32(24)30(21)22/h3-4,7-16H,1-2,5-6,17-18,37H2. The number of carbonyl (C=O) groups is 2. The van der Waals surface area contributed by atoms with Crippen molar-refractivity contribution < 1.29 is 9.59 Å². The SMILES string of the molecule is NCCCCCCN1C(=O)c2ccc3c4ccc5c(=O)n6c7ccccc7nc6c6ccc(c7ccc(c2c37)C1=O)c4c56. The molecule has 43 heavy (non-hydrogen) atoms. The number of imide groups is 1. The van der Waals surface area contributed by atoms with Crippen LogP contribution in [-0.2, 0) is 0 Å². The summed E-state index contributed by atoms with van der Waals surface area (Å²) in [6.07, 6.45) is 3.63. The van der Waals surface area contributed by atoms with Gasteiger partial charge in [-0.25, -0.2) is 4.98 Å². The van der Waals surface area contributed by atoms with Crippen LogP contribution in [0.3, 0.4) is 0 Å². The highest BCUT2D eigenvalue weighted by Crippen LogP contribution is 2.46. The number of hydrogen-bond donors (Lipinski definition) is 1. The number of unbranched alkanes of at least 4 members (excludes halogenated alkanes) is 3. The van der Waals surface area contributed by atoms with Crippen molar-refractivity contribution in [3.05, 3.63) is 94.3 Å². The minimum atomic E-state index is -0.236. The van der Waals surface area contributed by atoms with Crippen LogP contribution >= 0.6 is 0 Å². The predicted molar refractivity (Wildman–Crippen MR) is 172 cm³/mol. The molecule has 1 aliphatic heterocycles. The van der Waals surface area contributed by atoms with Crippen molar-refractivity contribution in [2.24, 2.45) is 5.73 Å². The van der Waals surface area contributed by atoms with Crippen LogP contribution in [0.1, 0.15) is 46.4 Å². The summed E-state index contributed by atoms with van der Waals surface area (Å²) in [5.41, 5.74) is 8.89. The van der Waals surface area contributed by atoms with Crippen molar-refractivity contribution in [3.63, 3.8) is 0 Å². The molecule has 9 rings (SSSR count). The molecule has 0 fully saturated rings. The summed E-state index contributed by atoms with van der Waals surface area (Å²) in [5.74, 6) is -0.471. The van der Waals surface area contributed by atoms with Crippen molar-refractivity contribution in [1.82, 2.24) is 14.3 Å². The monoisotopic (exact) mass is 562 g/mol. The summed E-state index contributed by atoms with van der Waals surface area (Å²) >= 11 is 0. The molecule has 0 saturated heterocycles. The van der Waals surface area contributed by atoms with E-state index in [-0.39, 0.29) is 17.4 Å². The lowest BCUT2D eigenvalue weighted by atomic mass is 9.84. The minimum Gasteiger partial charge on any atom is -0.330 e. The number of pyridine rings is 1. The van der Waals surface area contributed by atoms with Crippen molar-refractivity contribution in [1.29, 1.82) is 0 Å². The minimum absolute atomic E-state index is 0.0877. The van der Waals surface area contributed by atoms with Crippen LogP contribution in [0.25, 0.3) is 70.5 Å². The van der Waals surface area contributed by atoms with Gasteiger partial charge >= 0.3 is 0 Å². The van der Waals surface area contributed by atoms with E-state index in [4.69, 9.17) is 10.7 Å². The van der Waals surface area contributed by atoms with E-state index >= 15 is 0 Å². The molecular weight excluding hydrogens is 536 g/mol. The number of aromatic nitrogens is 2. The fourth-order valence-electron chi connectivity index (χ4n) is 7.50. The lowest BCUT2D eigenvalue weighted by Gasteiger charge is -2.28. The number of rotatable bonds is 6. The smallest absolute Gasteiger partial charge is 0.264 e. The molecule has 3 heterocycles. The Morgan fingerprint density at radius 2 is 1.14 bits per heavy atom. The fraction of sp³-hybridized carbons (Fsp3) is 0.167. The number of nitrogens with two attached hydrogens (primary N) is 1. The first kappa shape index (κ1) is 24.5. The molecule has 8 aromatic rings. The van der Waals surface area contributed by atoms with Crippen LogP contribution in [0.5, 0.6) is 0 Å². The van der Waals surface area contributed by atoms with E-state index in [2.05, 4.69) is 12.1 Å². The molecule has 2 aromatic heterocycles. The molecule has 0 atom stereocenters. The highest BCUT2D eigenvalue weighted by atomic mass is 16.2. The van der Waals surface area contributed by atoms with E-state index in [1.54, 1.807) is 4.40 Å². The van der Waals surface area contributed by atoms with Crippen molar-refractivity contribution in [2.75, 3.05) is 13.1 Å². The molecule has 0 spiro atoms. The van der Waals surface area contributed by atoms with Crippen molar-refractivity contribution >= 4 is 82.4 Å². The zero-order valence-corrected chi connectivity index (χ0v) is 23.3. The third kappa shape index (κ3) is 3.07. The molecular formula is C36H26N4O3. The molecule has 2 N–H and O–H groups in total. The summed E-state index contributed by atoms with van der Waals surface area (Å²) in [6.45, 7) is 1.05. The zero-order valence-electron chi connectivity index (χ0n) is 23.3. The van der Waals surface area contributed by atoms with E-state index < -0.39 is 0 Å². The second-order valence-corrected chi connectivity index (χ2v) is 11.7. The van der Waals surface area contributed by atoms with Crippen molar-refractivity contribution in [3.8, 4) is 0 Å². The number of benzene rings is 6. The second-order valence-electron chi connectivity index (χ2n) is 11.7. The highest BCUT2D eigenvalue weighted by Gasteiger charge is 2.34. The molecule has 7 heteroatoms. The molecule has 6 aromatic carbocycles. The van der Waals surface area contributed by atoms with Gasteiger partial charge in [0.25, 0.3) is 17.4 Å². The van der Waals surface area contributed by atoms with Gasteiger partial charge in [-0.1, -0.05) is 49.2 Å². The zero-order chi connectivity index (χ0) is 29.0. The summed E-state index contributed by atoms with van der Waals surface area (Å²) in [6, 6.07) is 23.5. The van der Waals surface area contributed by atoms with Gasteiger partial charge in [0.05, 0.1) is 11.0 Å². The Morgan fingerprint density at radius 1 is 0.581 bits per heavy atom. The van der Waals surface area contributed by atoms with Crippen LogP contribution < -0.4 is 11.3 Å². The molecule has 2 amide bonds. The second kappa shape index (κ2) is 8.69. The van der Waals surface area contributed by atoms with E-state index in [0.717, 1.165) is 85.2 Å². The number of hydrogen-bond acceptors (Lipinski definition) is 5.